The number of nitrogens with two attached hydrogens (primary N) is 1. The lowest BCUT2D eigenvalue weighted by molar-refractivity contribution is -0.129. The summed E-state index contributed by atoms with van der Waals surface area (Å²) in [5.41, 5.74) is 5.95. The van der Waals surface area contributed by atoms with E-state index in [1.807, 2.05) is 13.8 Å². The van der Waals surface area contributed by atoms with Crippen molar-refractivity contribution >= 4 is 39.5 Å². The largest absolute Gasteiger partial charge is 0.368 e. The lowest BCUT2D eigenvalue weighted by Crippen LogP contribution is -2.55. The van der Waals surface area contributed by atoms with Crippen LogP contribution in [0.4, 0.5) is 10.5 Å². The lowest BCUT2D eigenvalue weighted by atomic mass is 10.0. The van der Waals surface area contributed by atoms with Gasteiger partial charge in [-0.3, -0.25) is 9.59 Å². The molecular weight excluding hydrogens is 400 g/mol. The molecule has 0 aromatic heterocycles. The summed E-state index contributed by atoms with van der Waals surface area (Å²) >= 11 is 3.33. The molecule has 4 amide bonds. The van der Waals surface area contributed by atoms with E-state index in [-0.39, 0.29) is 11.8 Å². The minimum atomic E-state index is -0.784. The molecule has 0 radical (unpaired) electrons. The molecule has 1 rings (SSSR count). The van der Waals surface area contributed by atoms with Crippen molar-refractivity contribution < 1.29 is 14.4 Å². The van der Waals surface area contributed by atoms with Gasteiger partial charge in [0, 0.05) is 10.2 Å². The second-order valence-electron chi connectivity index (χ2n) is 6.92. The van der Waals surface area contributed by atoms with Crippen LogP contribution in [0, 0.1) is 11.8 Å². The Morgan fingerprint density at radius 3 is 2.08 bits per heavy atom. The van der Waals surface area contributed by atoms with Gasteiger partial charge in [0.05, 0.1) is 0 Å². The summed E-state index contributed by atoms with van der Waals surface area (Å²) in [5.74, 6) is -1.00. The number of hydrogen-bond donors (Lipinski definition) is 4. The summed E-state index contributed by atoms with van der Waals surface area (Å²) in [6.07, 6.45) is 0.434. The standard InChI is InChI=1S/C18H27BrN4O3/c1-10(2)9-14(17(25)23-15(11(3)4)16(20)24)22-18(26)21-13-7-5-12(19)6-8-13/h5-8,10-11,14-15H,9H2,1-4H3,(H2,20,24)(H,23,25)(H2,21,22,26). The smallest absolute Gasteiger partial charge is 0.319 e. The van der Waals surface area contributed by atoms with Gasteiger partial charge in [0.1, 0.15) is 12.1 Å². The average Bonchev–Trinajstić information content (AvgIpc) is 2.52. The van der Waals surface area contributed by atoms with E-state index in [0.717, 1.165) is 4.47 Å². The first kappa shape index (κ1) is 22.0. The molecule has 1 aromatic rings. The number of carbonyl (C=O) groups is 3. The molecule has 144 valence electrons. The van der Waals surface area contributed by atoms with Crippen LogP contribution in [0.2, 0.25) is 0 Å². The van der Waals surface area contributed by atoms with E-state index in [1.54, 1.807) is 38.1 Å². The van der Waals surface area contributed by atoms with Crippen LogP contribution in [-0.2, 0) is 9.59 Å². The zero-order valence-electron chi connectivity index (χ0n) is 15.5. The third kappa shape index (κ3) is 7.43. The maximum atomic E-state index is 12.6. The molecular formula is C18H27BrN4O3. The number of nitrogens with one attached hydrogen (secondary N) is 3. The molecule has 2 atom stereocenters. The molecule has 0 heterocycles. The summed E-state index contributed by atoms with van der Waals surface area (Å²) in [5, 5.41) is 7.99. The van der Waals surface area contributed by atoms with Crippen LogP contribution in [0.3, 0.4) is 0 Å². The van der Waals surface area contributed by atoms with Crippen molar-refractivity contribution in [2.24, 2.45) is 17.6 Å². The molecule has 8 heteroatoms. The van der Waals surface area contributed by atoms with Crippen LogP contribution in [0.15, 0.2) is 28.7 Å². The first-order valence-electron chi connectivity index (χ1n) is 8.53. The predicted octanol–water partition coefficient (Wildman–Crippen LogP) is 2.61. The highest BCUT2D eigenvalue weighted by Crippen LogP contribution is 2.14. The molecule has 0 aliphatic heterocycles. The summed E-state index contributed by atoms with van der Waals surface area (Å²) in [6, 6.07) is 5.03. The van der Waals surface area contributed by atoms with Crippen molar-refractivity contribution in [2.45, 2.75) is 46.2 Å². The summed E-state index contributed by atoms with van der Waals surface area (Å²) < 4.78 is 0.895. The highest BCUT2D eigenvalue weighted by atomic mass is 79.9. The summed E-state index contributed by atoms with van der Waals surface area (Å²) in [6.45, 7) is 7.48. The van der Waals surface area contributed by atoms with Gasteiger partial charge >= 0.3 is 6.03 Å². The van der Waals surface area contributed by atoms with E-state index in [2.05, 4.69) is 31.9 Å². The number of halogens is 1. The minimum absolute atomic E-state index is 0.146. The monoisotopic (exact) mass is 426 g/mol. The average molecular weight is 427 g/mol. The van der Waals surface area contributed by atoms with E-state index in [1.165, 1.54) is 0 Å². The SMILES string of the molecule is CC(C)CC(NC(=O)Nc1ccc(Br)cc1)C(=O)NC(C(N)=O)C(C)C. The Hall–Kier alpha value is -2.09. The van der Waals surface area contributed by atoms with Crippen LogP contribution in [0.5, 0.6) is 0 Å². The summed E-state index contributed by atoms with van der Waals surface area (Å²) in [7, 11) is 0. The Morgan fingerprint density at radius 1 is 1.04 bits per heavy atom. The third-order valence-electron chi connectivity index (χ3n) is 3.70. The second-order valence-corrected chi connectivity index (χ2v) is 7.84. The number of hydrogen-bond acceptors (Lipinski definition) is 3. The molecule has 5 N–H and O–H groups in total. The number of urea groups is 1. The number of benzene rings is 1. The van der Waals surface area contributed by atoms with Crippen molar-refractivity contribution in [3.8, 4) is 0 Å². The van der Waals surface area contributed by atoms with Crippen molar-refractivity contribution in [2.75, 3.05) is 5.32 Å². The fourth-order valence-electron chi connectivity index (χ4n) is 2.38. The Labute approximate surface area is 162 Å². The zero-order valence-corrected chi connectivity index (χ0v) is 17.1. The molecule has 1 aromatic carbocycles. The van der Waals surface area contributed by atoms with Crippen molar-refractivity contribution in [1.29, 1.82) is 0 Å². The number of rotatable bonds is 8. The summed E-state index contributed by atoms with van der Waals surface area (Å²) in [4.78, 5) is 36.3. The predicted molar refractivity (Wildman–Crippen MR) is 106 cm³/mol. The molecule has 0 aliphatic rings. The fourth-order valence-corrected chi connectivity index (χ4v) is 2.65. The molecule has 0 saturated heterocycles. The number of anilines is 1. The molecule has 0 aliphatic carbocycles. The van der Waals surface area contributed by atoms with Gasteiger partial charge in [0.2, 0.25) is 11.8 Å². The Balaban J connectivity index is 2.78. The molecule has 2 unspecified atom stereocenters. The highest BCUT2D eigenvalue weighted by Gasteiger charge is 2.27. The van der Waals surface area contributed by atoms with Gasteiger partial charge in [-0.05, 0) is 42.5 Å². The topological polar surface area (TPSA) is 113 Å². The normalized spacial score (nSPS) is 13.2. The quantitative estimate of drug-likeness (QED) is 0.512. The van der Waals surface area contributed by atoms with Gasteiger partial charge < -0.3 is 21.7 Å². The fraction of sp³-hybridized carbons (Fsp3) is 0.500. The van der Waals surface area contributed by atoms with Crippen molar-refractivity contribution in [1.82, 2.24) is 10.6 Å². The number of carbonyl (C=O) groups excluding carboxylic acids is 3. The van der Waals surface area contributed by atoms with Gasteiger partial charge in [-0.2, -0.15) is 0 Å². The number of primary amides is 1. The molecule has 26 heavy (non-hydrogen) atoms. The maximum absolute atomic E-state index is 12.6. The first-order chi connectivity index (χ1) is 12.1. The highest BCUT2D eigenvalue weighted by molar-refractivity contribution is 9.10. The van der Waals surface area contributed by atoms with E-state index < -0.39 is 29.9 Å². The van der Waals surface area contributed by atoms with Gasteiger partial charge in [0.25, 0.3) is 0 Å². The van der Waals surface area contributed by atoms with Crippen LogP contribution in [0.1, 0.15) is 34.1 Å². The molecule has 0 fully saturated rings. The van der Waals surface area contributed by atoms with Gasteiger partial charge in [-0.15, -0.1) is 0 Å². The third-order valence-corrected chi connectivity index (χ3v) is 4.23. The van der Waals surface area contributed by atoms with E-state index in [9.17, 15) is 14.4 Å². The lowest BCUT2D eigenvalue weighted by Gasteiger charge is -2.25. The van der Waals surface area contributed by atoms with Gasteiger partial charge in [0.15, 0.2) is 0 Å². The number of amides is 4. The molecule has 0 saturated carbocycles. The first-order valence-corrected chi connectivity index (χ1v) is 9.32. The van der Waals surface area contributed by atoms with Crippen LogP contribution in [-0.4, -0.2) is 29.9 Å². The van der Waals surface area contributed by atoms with E-state index in [4.69, 9.17) is 5.73 Å². The minimum Gasteiger partial charge on any atom is -0.368 e. The molecule has 0 spiro atoms. The van der Waals surface area contributed by atoms with Crippen LogP contribution in [0.25, 0.3) is 0 Å². The van der Waals surface area contributed by atoms with Crippen molar-refractivity contribution in [3.63, 3.8) is 0 Å². The Morgan fingerprint density at radius 2 is 1.62 bits per heavy atom. The van der Waals surface area contributed by atoms with E-state index in [0.29, 0.717) is 12.1 Å². The molecule has 7 nitrogen and oxygen atoms in total. The van der Waals surface area contributed by atoms with Gasteiger partial charge in [-0.1, -0.05) is 43.6 Å². The maximum Gasteiger partial charge on any atom is 0.319 e. The van der Waals surface area contributed by atoms with E-state index >= 15 is 0 Å². The van der Waals surface area contributed by atoms with Gasteiger partial charge in [-0.25, -0.2) is 4.79 Å². The zero-order chi connectivity index (χ0) is 19.9. The second kappa shape index (κ2) is 10.2. The Bertz CT molecular complexity index is 632. The van der Waals surface area contributed by atoms with Crippen LogP contribution >= 0.6 is 15.9 Å². The van der Waals surface area contributed by atoms with Crippen LogP contribution < -0.4 is 21.7 Å². The molecule has 0 bridgehead atoms. The Kier molecular flexibility index (Phi) is 8.57. The van der Waals surface area contributed by atoms with Crippen molar-refractivity contribution in [3.05, 3.63) is 28.7 Å².